The maximum atomic E-state index is 14.6. The molecule has 5 N–H and O–H groups in total. The molecule has 13 heteroatoms. The van der Waals surface area contributed by atoms with Crippen LogP contribution < -0.4 is 16.0 Å². The molecule has 0 saturated heterocycles. The number of ether oxygens (including phenoxy) is 1. The molecule has 12 nitrogen and oxygen atoms in total. The first-order chi connectivity index (χ1) is 25.6. The van der Waals surface area contributed by atoms with E-state index in [9.17, 15) is 29.4 Å². The molecule has 2 rings (SSSR count). The molecule has 1 aromatic carbocycles. The average Bonchev–Trinajstić information content (AvgIpc) is 3.64. The molecule has 0 spiro atoms. The quantitative estimate of drug-likeness (QED) is 0.0748. The molecule has 0 radical (unpaired) electrons. The fourth-order valence-electron chi connectivity index (χ4n) is 6.61. The third-order valence-corrected chi connectivity index (χ3v) is 11.3. The van der Waals surface area contributed by atoms with Crippen LogP contribution in [0.5, 0.6) is 5.75 Å². The monoisotopic (exact) mass is 773 g/mol. The van der Waals surface area contributed by atoms with Crippen LogP contribution in [0.25, 0.3) is 0 Å². The molecular weight excluding hydrogens is 707 g/mol. The van der Waals surface area contributed by atoms with E-state index in [0.717, 1.165) is 24.8 Å². The summed E-state index contributed by atoms with van der Waals surface area (Å²) in [5.74, 6) is -2.17. The molecule has 1 aromatic heterocycles. The number of aromatic nitrogens is 1. The largest absolute Gasteiger partial charge is 0.508 e. The van der Waals surface area contributed by atoms with Crippen LogP contribution in [0.2, 0.25) is 0 Å². The number of nitrogens with zero attached hydrogens (tertiary/aromatic N) is 2. The summed E-state index contributed by atoms with van der Waals surface area (Å²) in [5.41, 5.74) is 1.06. The number of carboxylic acids is 1. The Morgan fingerprint density at radius 3 is 2.06 bits per heavy atom. The van der Waals surface area contributed by atoms with Gasteiger partial charge in [-0.25, -0.2) is 4.98 Å². The number of carbonyl (C=O) groups excluding carboxylic acids is 3. The highest BCUT2D eigenvalue weighted by Gasteiger charge is 2.38. The number of nitrogens with one attached hydrogen (secondary N) is 3. The zero-order valence-corrected chi connectivity index (χ0v) is 35.0. The Labute approximate surface area is 327 Å². The second kappa shape index (κ2) is 23.4. The van der Waals surface area contributed by atoms with Gasteiger partial charge in [0.2, 0.25) is 11.8 Å². The summed E-state index contributed by atoms with van der Waals surface area (Å²) in [6.07, 6.45) is 3.59. The van der Waals surface area contributed by atoms with Gasteiger partial charge in [-0.15, -0.1) is 11.3 Å². The van der Waals surface area contributed by atoms with Crippen molar-refractivity contribution in [2.24, 2.45) is 23.7 Å². The summed E-state index contributed by atoms with van der Waals surface area (Å²) in [6, 6.07) is 4.78. The second-order valence-corrected chi connectivity index (χ2v) is 15.9. The number of benzene rings is 1. The molecule has 0 aliphatic heterocycles. The van der Waals surface area contributed by atoms with Crippen LogP contribution in [0.1, 0.15) is 128 Å². The molecule has 0 saturated carbocycles. The van der Waals surface area contributed by atoms with Crippen LogP contribution in [0, 0.1) is 23.7 Å². The fourth-order valence-corrected chi connectivity index (χ4v) is 7.47. The first kappa shape index (κ1) is 46.6. The van der Waals surface area contributed by atoms with E-state index in [4.69, 9.17) is 9.72 Å². The number of rotatable bonds is 25. The van der Waals surface area contributed by atoms with Gasteiger partial charge in [-0.2, -0.15) is 0 Å². The van der Waals surface area contributed by atoms with Crippen LogP contribution in [-0.2, 0) is 25.5 Å². The molecular formula is C41H67N5O7S. The highest BCUT2D eigenvalue weighted by molar-refractivity contribution is 7.09. The predicted molar refractivity (Wildman–Crippen MR) is 215 cm³/mol. The van der Waals surface area contributed by atoms with Crippen molar-refractivity contribution in [3.8, 4) is 5.75 Å². The van der Waals surface area contributed by atoms with E-state index in [1.165, 1.54) is 11.3 Å². The molecule has 1 unspecified atom stereocenters. The van der Waals surface area contributed by atoms with Crippen molar-refractivity contribution < 1.29 is 34.1 Å². The second-order valence-electron chi connectivity index (χ2n) is 15.0. The molecule has 0 bridgehead atoms. The number of hydrogen-bond donors (Lipinski definition) is 5. The van der Waals surface area contributed by atoms with Gasteiger partial charge < -0.3 is 35.8 Å². The lowest BCUT2D eigenvalue weighted by Gasteiger charge is -2.39. The third-order valence-electron chi connectivity index (χ3n) is 10.3. The fraction of sp³-hybridized carbons (Fsp3) is 0.683. The van der Waals surface area contributed by atoms with E-state index in [0.29, 0.717) is 37.4 Å². The zero-order chi connectivity index (χ0) is 40.5. The predicted octanol–water partition coefficient (Wildman–Crippen LogP) is 6.59. The van der Waals surface area contributed by atoms with E-state index in [1.807, 2.05) is 46.4 Å². The van der Waals surface area contributed by atoms with Gasteiger partial charge in [0.15, 0.2) is 0 Å². The Bertz CT molecular complexity index is 1450. The smallest absolute Gasteiger partial charge is 0.306 e. The lowest BCUT2D eigenvalue weighted by Crippen LogP contribution is -2.59. The molecule has 0 fully saturated rings. The Morgan fingerprint density at radius 2 is 1.52 bits per heavy atom. The number of hydrogen-bond acceptors (Lipinski definition) is 9. The molecule has 2 aromatic rings. The van der Waals surface area contributed by atoms with Gasteiger partial charge in [-0.3, -0.25) is 19.2 Å². The van der Waals surface area contributed by atoms with Crippen molar-refractivity contribution in [2.45, 2.75) is 138 Å². The standard InChI is InChI=1S/C41H67N5O7S/c1-11-19-46(40(50)36(27(8)14-4)45-38(49)35(42-10)26(7)13-3)33(25(5)6)23-34(53-20-12-2)39-44-32(24-54-39)37(48)43-30(21-28(9)41(51)52)22-29-15-17-31(47)18-16-29/h15-18,24-28,30,33-36,42,47H,11-14,19-23H2,1-10H3,(H,43,48)(H,45,49)(H,51,52)/t26-,27-,28-,30+,33?,34+,35-,36-/m0/s1. The number of likely N-dealkylation sites (N-methyl/N-ethyl adjacent to an activating group) is 1. The van der Waals surface area contributed by atoms with Gasteiger partial charge in [0.1, 0.15) is 28.6 Å². The van der Waals surface area contributed by atoms with E-state index >= 15 is 0 Å². The number of aliphatic carboxylic acids is 1. The van der Waals surface area contributed by atoms with Gasteiger partial charge in [0, 0.05) is 37.0 Å². The van der Waals surface area contributed by atoms with Crippen molar-refractivity contribution in [3.63, 3.8) is 0 Å². The minimum Gasteiger partial charge on any atom is -0.508 e. The number of amides is 3. The molecule has 0 aliphatic rings. The van der Waals surface area contributed by atoms with Crippen LogP contribution in [0.4, 0.5) is 0 Å². The SMILES string of the molecule is CCCO[C@H](CC(C(C)C)N(CCC)C(=O)[C@@H](NC(=O)[C@@H](NC)[C@@H](C)CC)[C@@H](C)CC)c1nc(C(=O)N[C@@H](Cc2ccc(O)cc2)C[C@H](C)C(=O)O)cs1. The summed E-state index contributed by atoms with van der Waals surface area (Å²) in [7, 11) is 1.77. The maximum absolute atomic E-state index is 14.6. The highest BCUT2D eigenvalue weighted by Crippen LogP contribution is 2.32. The Balaban J connectivity index is 2.41. The average molecular weight is 774 g/mol. The van der Waals surface area contributed by atoms with Crippen molar-refractivity contribution in [2.75, 3.05) is 20.2 Å². The summed E-state index contributed by atoms with van der Waals surface area (Å²) < 4.78 is 6.40. The minimum absolute atomic E-state index is 0.0475. The first-order valence-corrected chi connectivity index (χ1v) is 20.7. The molecule has 54 heavy (non-hydrogen) atoms. The lowest BCUT2D eigenvalue weighted by molar-refractivity contribution is -0.142. The number of carbonyl (C=O) groups is 4. The van der Waals surface area contributed by atoms with E-state index < -0.39 is 42.0 Å². The lowest BCUT2D eigenvalue weighted by atomic mass is 9.91. The van der Waals surface area contributed by atoms with Crippen LogP contribution in [0.15, 0.2) is 29.6 Å². The Kier molecular flexibility index (Phi) is 20.2. The Morgan fingerprint density at radius 1 is 0.889 bits per heavy atom. The number of phenols is 1. The van der Waals surface area contributed by atoms with Gasteiger partial charge in [0.05, 0.1) is 12.0 Å². The minimum atomic E-state index is -0.951. The molecule has 8 atom stereocenters. The first-order valence-electron chi connectivity index (χ1n) is 19.8. The highest BCUT2D eigenvalue weighted by atomic mass is 32.1. The number of thiazole rings is 1. The van der Waals surface area contributed by atoms with Crippen molar-refractivity contribution in [3.05, 3.63) is 45.9 Å². The van der Waals surface area contributed by atoms with E-state index in [-0.39, 0.29) is 53.5 Å². The number of phenolic OH excluding ortho intramolecular Hbond substituents is 1. The zero-order valence-electron chi connectivity index (χ0n) is 34.2. The van der Waals surface area contributed by atoms with E-state index in [1.54, 1.807) is 43.6 Å². The molecule has 1 heterocycles. The van der Waals surface area contributed by atoms with E-state index in [2.05, 4.69) is 29.8 Å². The number of aromatic hydroxyl groups is 1. The van der Waals surface area contributed by atoms with Crippen molar-refractivity contribution >= 4 is 35.0 Å². The van der Waals surface area contributed by atoms with Crippen LogP contribution >= 0.6 is 11.3 Å². The van der Waals surface area contributed by atoms with Gasteiger partial charge in [-0.05, 0) is 68.2 Å². The Hall–Kier alpha value is -3.55. The van der Waals surface area contributed by atoms with Crippen molar-refractivity contribution in [1.29, 1.82) is 0 Å². The number of carboxylic acid groups (broad SMARTS) is 1. The van der Waals surface area contributed by atoms with Crippen LogP contribution in [0.3, 0.4) is 0 Å². The summed E-state index contributed by atoms with van der Waals surface area (Å²) in [6.45, 7) is 18.9. The van der Waals surface area contributed by atoms with Gasteiger partial charge in [-0.1, -0.05) is 87.3 Å². The third kappa shape index (κ3) is 13.9. The summed E-state index contributed by atoms with van der Waals surface area (Å²) in [5, 5.41) is 30.9. The summed E-state index contributed by atoms with van der Waals surface area (Å²) in [4.78, 5) is 60.1. The summed E-state index contributed by atoms with van der Waals surface area (Å²) >= 11 is 1.32. The molecule has 304 valence electrons. The van der Waals surface area contributed by atoms with Gasteiger partial charge >= 0.3 is 5.97 Å². The van der Waals surface area contributed by atoms with Crippen molar-refractivity contribution in [1.82, 2.24) is 25.8 Å². The van der Waals surface area contributed by atoms with Gasteiger partial charge in [0.25, 0.3) is 5.91 Å². The topological polar surface area (TPSA) is 170 Å². The van der Waals surface area contributed by atoms with Crippen LogP contribution in [-0.4, -0.2) is 88.2 Å². The molecule has 3 amide bonds. The normalized spacial score (nSPS) is 16.1. The molecule has 0 aliphatic carbocycles. The maximum Gasteiger partial charge on any atom is 0.306 e.